The molecule has 0 bridgehead atoms. The third-order valence-corrected chi connectivity index (χ3v) is 2.64. The fraction of sp³-hybridized carbons (Fsp3) is 0.909. The Labute approximate surface area is 85.8 Å². The van der Waals surface area contributed by atoms with Crippen LogP contribution in [0.25, 0.3) is 0 Å². The molecule has 0 saturated carbocycles. The van der Waals surface area contributed by atoms with Crippen molar-refractivity contribution in [3.63, 3.8) is 0 Å². The molecule has 0 unspecified atom stereocenters. The maximum Gasteiger partial charge on any atom is 0.303 e. The number of esters is 1. The highest BCUT2D eigenvalue weighted by molar-refractivity contribution is 5.66. The van der Waals surface area contributed by atoms with E-state index in [-0.39, 0.29) is 17.7 Å². The molecule has 0 N–H and O–H groups in total. The van der Waals surface area contributed by atoms with Crippen LogP contribution in [0.1, 0.15) is 46.5 Å². The lowest BCUT2D eigenvalue weighted by Crippen LogP contribution is -2.41. The number of hydrogen-bond donors (Lipinski definition) is 0. The van der Waals surface area contributed by atoms with Gasteiger partial charge < -0.3 is 9.47 Å². The summed E-state index contributed by atoms with van der Waals surface area (Å²) in [7, 11) is 0. The van der Waals surface area contributed by atoms with Crippen molar-refractivity contribution in [3.05, 3.63) is 0 Å². The molecule has 1 aliphatic heterocycles. The van der Waals surface area contributed by atoms with Gasteiger partial charge in [0, 0.05) is 19.8 Å². The van der Waals surface area contributed by atoms with Crippen LogP contribution in [-0.2, 0) is 14.3 Å². The maximum absolute atomic E-state index is 10.9. The molecule has 2 atom stereocenters. The summed E-state index contributed by atoms with van der Waals surface area (Å²) >= 11 is 0. The molecular weight excluding hydrogens is 180 g/mol. The molecule has 0 radical (unpaired) electrons. The summed E-state index contributed by atoms with van der Waals surface area (Å²) in [6.45, 7) is 6.31. The van der Waals surface area contributed by atoms with Crippen LogP contribution in [0.5, 0.6) is 0 Å². The van der Waals surface area contributed by atoms with Crippen LogP contribution >= 0.6 is 0 Å². The molecule has 3 heteroatoms. The van der Waals surface area contributed by atoms with Gasteiger partial charge in [0.25, 0.3) is 0 Å². The molecule has 1 aliphatic rings. The molecule has 0 aliphatic carbocycles. The zero-order valence-corrected chi connectivity index (χ0v) is 9.34. The Morgan fingerprint density at radius 3 is 2.93 bits per heavy atom. The number of carbonyl (C=O) groups is 1. The average molecular weight is 200 g/mol. The number of carbonyl (C=O) groups excluding carboxylic acids is 1. The number of ether oxygens (including phenoxy) is 2. The SMILES string of the molecule is CCC[C@@H]1C[C@@](C)(OC(C)=O)CCO1. The molecular formula is C11H20O3. The van der Waals surface area contributed by atoms with Crippen LogP contribution in [0, 0.1) is 0 Å². The second-order valence-corrected chi connectivity index (χ2v) is 4.28. The van der Waals surface area contributed by atoms with E-state index >= 15 is 0 Å². The molecule has 82 valence electrons. The van der Waals surface area contributed by atoms with Gasteiger partial charge in [-0.2, -0.15) is 0 Å². The second-order valence-electron chi connectivity index (χ2n) is 4.28. The van der Waals surface area contributed by atoms with Gasteiger partial charge in [0.1, 0.15) is 5.60 Å². The molecule has 1 saturated heterocycles. The fourth-order valence-corrected chi connectivity index (χ4v) is 2.03. The third-order valence-electron chi connectivity index (χ3n) is 2.64. The summed E-state index contributed by atoms with van der Waals surface area (Å²) in [5.41, 5.74) is -0.302. The van der Waals surface area contributed by atoms with Gasteiger partial charge in [-0.25, -0.2) is 0 Å². The maximum atomic E-state index is 10.9. The minimum atomic E-state index is -0.302. The van der Waals surface area contributed by atoms with Gasteiger partial charge in [-0.15, -0.1) is 0 Å². The molecule has 14 heavy (non-hydrogen) atoms. The van der Waals surface area contributed by atoms with Crippen LogP contribution in [0.3, 0.4) is 0 Å². The lowest BCUT2D eigenvalue weighted by Gasteiger charge is -2.37. The standard InChI is InChI=1S/C11H20O3/c1-4-5-10-8-11(3,6-7-13-10)14-9(2)12/h10H,4-8H2,1-3H3/t10-,11+/m1/s1. The van der Waals surface area contributed by atoms with Crippen molar-refractivity contribution < 1.29 is 14.3 Å². The monoisotopic (exact) mass is 200 g/mol. The van der Waals surface area contributed by atoms with E-state index in [1.54, 1.807) is 0 Å². The molecule has 1 heterocycles. The largest absolute Gasteiger partial charge is 0.459 e. The second kappa shape index (κ2) is 4.78. The van der Waals surface area contributed by atoms with Gasteiger partial charge in [0.15, 0.2) is 0 Å². The van der Waals surface area contributed by atoms with Gasteiger partial charge in [-0.3, -0.25) is 4.79 Å². The average Bonchev–Trinajstić information content (AvgIpc) is 2.01. The molecule has 0 aromatic carbocycles. The van der Waals surface area contributed by atoms with E-state index in [1.165, 1.54) is 6.92 Å². The Hall–Kier alpha value is -0.570. The lowest BCUT2D eigenvalue weighted by molar-refractivity contribution is -0.170. The van der Waals surface area contributed by atoms with Crippen LogP contribution in [0.15, 0.2) is 0 Å². The highest BCUT2D eigenvalue weighted by Crippen LogP contribution is 2.30. The first-order chi connectivity index (χ1) is 6.56. The fourth-order valence-electron chi connectivity index (χ4n) is 2.03. The van der Waals surface area contributed by atoms with Gasteiger partial charge >= 0.3 is 5.97 Å². The summed E-state index contributed by atoms with van der Waals surface area (Å²) in [6, 6.07) is 0. The predicted molar refractivity (Wildman–Crippen MR) is 54.1 cm³/mol. The van der Waals surface area contributed by atoms with Crippen molar-refractivity contribution in [2.75, 3.05) is 6.61 Å². The summed E-state index contributed by atoms with van der Waals surface area (Å²) in [6.07, 6.45) is 4.07. The molecule has 0 spiro atoms. The van der Waals surface area contributed by atoms with E-state index in [9.17, 15) is 4.79 Å². The topological polar surface area (TPSA) is 35.5 Å². The predicted octanol–water partition coefficient (Wildman–Crippen LogP) is 2.29. The normalized spacial score (nSPS) is 32.6. The van der Waals surface area contributed by atoms with Crippen molar-refractivity contribution in [2.24, 2.45) is 0 Å². The first-order valence-electron chi connectivity index (χ1n) is 5.37. The van der Waals surface area contributed by atoms with Crippen molar-refractivity contribution in [2.45, 2.75) is 58.2 Å². The Bertz CT molecular complexity index is 201. The van der Waals surface area contributed by atoms with Crippen molar-refractivity contribution in [3.8, 4) is 0 Å². The highest BCUT2D eigenvalue weighted by Gasteiger charge is 2.35. The Balaban J connectivity index is 2.48. The van der Waals surface area contributed by atoms with E-state index < -0.39 is 0 Å². The molecule has 3 nitrogen and oxygen atoms in total. The number of hydrogen-bond acceptors (Lipinski definition) is 3. The summed E-state index contributed by atoms with van der Waals surface area (Å²) in [5.74, 6) is -0.190. The first-order valence-corrected chi connectivity index (χ1v) is 5.37. The van der Waals surface area contributed by atoms with Crippen molar-refractivity contribution >= 4 is 5.97 Å². The quantitative estimate of drug-likeness (QED) is 0.656. The van der Waals surface area contributed by atoms with E-state index in [2.05, 4.69) is 6.92 Å². The summed E-state index contributed by atoms with van der Waals surface area (Å²) in [5, 5.41) is 0. The lowest BCUT2D eigenvalue weighted by atomic mass is 9.90. The molecule has 0 aromatic rings. The minimum Gasteiger partial charge on any atom is -0.459 e. The first kappa shape index (κ1) is 11.5. The van der Waals surface area contributed by atoms with Crippen LogP contribution in [0.2, 0.25) is 0 Å². The third kappa shape index (κ3) is 3.29. The van der Waals surface area contributed by atoms with Crippen LogP contribution in [0.4, 0.5) is 0 Å². The van der Waals surface area contributed by atoms with Crippen LogP contribution in [-0.4, -0.2) is 24.3 Å². The van der Waals surface area contributed by atoms with Gasteiger partial charge in [0.2, 0.25) is 0 Å². The van der Waals surface area contributed by atoms with Gasteiger partial charge in [-0.1, -0.05) is 13.3 Å². The van der Waals surface area contributed by atoms with Gasteiger partial charge in [0.05, 0.1) is 12.7 Å². The van der Waals surface area contributed by atoms with Gasteiger partial charge in [-0.05, 0) is 13.3 Å². The molecule has 1 rings (SSSR count). The smallest absolute Gasteiger partial charge is 0.303 e. The molecule has 1 fully saturated rings. The van der Waals surface area contributed by atoms with E-state index in [4.69, 9.17) is 9.47 Å². The zero-order valence-electron chi connectivity index (χ0n) is 9.34. The Morgan fingerprint density at radius 2 is 2.36 bits per heavy atom. The van der Waals surface area contributed by atoms with Crippen molar-refractivity contribution in [1.29, 1.82) is 0 Å². The molecule has 0 aromatic heterocycles. The van der Waals surface area contributed by atoms with Crippen molar-refractivity contribution in [1.82, 2.24) is 0 Å². The summed E-state index contributed by atoms with van der Waals surface area (Å²) < 4.78 is 10.9. The summed E-state index contributed by atoms with van der Waals surface area (Å²) in [4.78, 5) is 10.9. The molecule has 0 amide bonds. The van der Waals surface area contributed by atoms with E-state index in [0.29, 0.717) is 6.61 Å². The minimum absolute atomic E-state index is 0.190. The van der Waals surface area contributed by atoms with E-state index in [1.807, 2.05) is 6.92 Å². The Kier molecular flexibility index (Phi) is 3.93. The zero-order chi connectivity index (χ0) is 10.6. The highest BCUT2D eigenvalue weighted by atomic mass is 16.6. The number of rotatable bonds is 3. The van der Waals surface area contributed by atoms with Crippen LogP contribution < -0.4 is 0 Å². The Morgan fingerprint density at radius 1 is 1.64 bits per heavy atom. The van der Waals surface area contributed by atoms with E-state index in [0.717, 1.165) is 25.7 Å².